The molecular formula is C14H19ClO. The van der Waals surface area contributed by atoms with E-state index in [-0.39, 0.29) is 5.24 Å². The molecule has 0 amide bonds. The Morgan fingerprint density at radius 1 is 0.938 bits per heavy atom. The van der Waals surface area contributed by atoms with Gasteiger partial charge in [-0.2, -0.15) is 0 Å². The third-order valence-corrected chi connectivity index (χ3v) is 2.87. The Kier molecular flexibility index (Phi) is 6.91. The molecule has 0 spiro atoms. The molecule has 16 heavy (non-hydrogen) atoms. The molecule has 0 atom stereocenters. The number of hydrogen-bond acceptors (Lipinski definition) is 1. The maximum atomic E-state index is 10.5. The molecule has 2 heteroatoms. The van der Waals surface area contributed by atoms with Crippen molar-refractivity contribution in [3.8, 4) is 0 Å². The fraction of sp³-hybridized carbons (Fsp3) is 0.500. The van der Waals surface area contributed by atoms with Crippen LogP contribution in [-0.2, 0) is 11.2 Å². The van der Waals surface area contributed by atoms with E-state index in [1.165, 1.54) is 24.8 Å². The molecule has 0 aliphatic heterocycles. The lowest BCUT2D eigenvalue weighted by atomic mass is 10.1. The number of unbranched alkanes of at least 4 members (excludes halogenated alkanes) is 4. The summed E-state index contributed by atoms with van der Waals surface area (Å²) in [7, 11) is 0. The van der Waals surface area contributed by atoms with E-state index in [2.05, 4.69) is 24.3 Å². The molecule has 1 aromatic carbocycles. The van der Waals surface area contributed by atoms with Crippen LogP contribution in [0.15, 0.2) is 30.3 Å². The lowest BCUT2D eigenvalue weighted by molar-refractivity contribution is -0.111. The quantitative estimate of drug-likeness (QED) is 0.487. The first-order valence-electron chi connectivity index (χ1n) is 6.01. The van der Waals surface area contributed by atoms with Gasteiger partial charge in [0, 0.05) is 6.42 Å². The molecule has 1 rings (SSSR count). The molecular weight excluding hydrogens is 220 g/mol. The van der Waals surface area contributed by atoms with Gasteiger partial charge in [-0.3, -0.25) is 4.79 Å². The molecule has 1 aromatic rings. The van der Waals surface area contributed by atoms with Crippen molar-refractivity contribution in [1.29, 1.82) is 0 Å². The average Bonchev–Trinajstić information content (AvgIpc) is 2.29. The van der Waals surface area contributed by atoms with Gasteiger partial charge in [-0.05, 0) is 36.4 Å². The first kappa shape index (κ1) is 13.2. The predicted octanol–water partition coefficient (Wildman–Crippen LogP) is 4.34. The summed E-state index contributed by atoms with van der Waals surface area (Å²) in [6, 6.07) is 10.6. The summed E-state index contributed by atoms with van der Waals surface area (Å²) in [5, 5.41) is -0.204. The molecule has 0 unspecified atom stereocenters. The molecule has 0 N–H and O–H groups in total. The number of benzene rings is 1. The maximum absolute atomic E-state index is 10.5. The molecule has 88 valence electrons. The fourth-order valence-electron chi connectivity index (χ4n) is 1.77. The van der Waals surface area contributed by atoms with Crippen LogP contribution in [0.25, 0.3) is 0 Å². The van der Waals surface area contributed by atoms with Crippen LogP contribution in [-0.4, -0.2) is 5.24 Å². The summed E-state index contributed by atoms with van der Waals surface area (Å²) in [6.45, 7) is 0. The van der Waals surface area contributed by atoms with E-state index < -0.39 is 0 Å². The van der Waals surface area contributed by atoms with Gasteiger partial charge in [0.25, 0.3) is 0 Å². The number of rotatable bonds is 8. The topological polar surface area (TPSA) is 17.1 Å². The van der Waals surface area contributed by atoms with Crippen molar-refractivity contribution in [2.24, 2.45) is 0 Å². The summed E-state index contributed by atoms with van der Waals surface area (Å²) in [4.78, 5) is 10.5. The van der Waals surface area contributed by atoms with Gasteiger partial charge in [-0.25, -0.2) is 0 Å². The standard InChI is InChI=1S/C14H19ClO/c15-14(16)12-8-3-1-2-5-9-13-10-6-4-7-11-13/h4,6-7,10-11H,1-3,5,8-9,12H2. The van der Waals surface area contributed by atoms with Gasteiger partial charge in [0.15, 0.2) is 0 Å². The molecule has 0 aromatic heterocycles. The van der Waals surface area contributed by atoms with Crippen molar-refractivity contribution < 1.29 is 4.79 Å². The third-order valence-electron chi connectivity index (χ3n) is 2.68. The third kappa shape index (κ3) is 6.62. The van der Waals surface area contributed by atoms with Crippen molar-refractivity contribution in [3.05, 3.63) is 35.9 Å². The smallest absolute Gasteiger partial charge is 0.221 e. The lowest BCUT2D eigenvalue weighted by Crippen LogP contribution is -1.88. The Labute approximate surface area is 103 Å². The maximum Gasteiger partial charge on any atom is 0.221 e. The number of carbonyl (C=O) groups is 1. The highest BCUT2D eigenvalue weighted by Crippen LogP contribution is 2.10. The van der Waals surface area contributed by atoms with Crippen molar-refractivity contribution in [1.82, 2.24) is 0 Å². The van der Waals surface area contributed by atoms with Crippen LogP contribution in [0.4, 0.5) is 0 Å². The van der Waals surface area contributed by atoms with Crippen LogP contribution in [0.2, 0.25) is 0 Å². The summed E-state index contributed by atoms with van der Waals surface area (Å²) >= 11 is 5.26. The lowest BCUT2D eigenvalue weighted by Gasteiger charge is -2.01. The Morgan fingerprint density at radius 3 is 2.25 bits per heavy atom. The molecule has 0 fully saturated rings. The summed E-state index contributed by atoms with van der Waals surface area (Å²) < 4.78 is 0. The molecule has 0 bridgehead atoms. The van der Waals surface area contributed by atoms with E-state index in [1.54, 1.807) is 0 Å². The molecule has 0 saturated carbocycles. The Morgan fingerprint density at radius 2 is 1.56 bits per heavy atom. The predicted molar refractivity (Wildman–Crippen MR) is 68.7 cm³/mol. The number of hydrogen-bond donors (Lipinski definition) is 0. The zero-order valence-corrected chi connectivity index (χ0v) is 10.4. The minimum Gasteiger partial charge on any atom is -0.281 e. The Bertz CT molecular complexity index is 295. The summed E-state index contributed by atoms with van der Waals surface area (Å²) in [5.41, 5.74) is 1.42. The second-order valence-corrected chi connectivity index (χ2v) is 4.53. The average molecular weight is 239 g/mol. The van der Waals surface area contributed by atoms with Crippen molar-refractivity contribution in [2.75, 3.05) is 0 Å². The van der Waals surface area contributed by atoms with Gasteiger partial charge in [-0.1, -0.05) is 49.6 Å². The molecule has 1 nitrogen and oxygen atoms in total. The van der Waals surface area contributed by atoms with Gasteiger partial charge >= 0.3 is 0 Å². The Hall–Kier alpha value is -0.820. The van der Waals surface area contributed by atoms with Crippen LogP contribution >= 0.6 is 11.6 Å². The largest absolute Gasteiger partial charge is 0.281 e. The van der Waals surface area contributed by atoms with Crippen LogP contribution in [0.1, 0.15) is 44.1 Å². The van der Waals surface area contributed by atoms with E-state index in [4.69, 9.17) is 11.6 Å². The molecule has 0 aliphatic carbocycles. The zero-order valence-electron chi connectivity index (χ0n) is 9.62. The number of carbonyl (C=O) groups excluding carboxylic acids is 1. The normalized spacial score (nSPS) is 10.3. The van der Waals surface area contributed by atoms with Gasteiger partial charge in [0.05, 0.1) is 0 Å². The van der Waals surface area contributed by atoms with Crippen LogP contribution in [0.5, 0.6) is 0 Å². The molecule has 0 saturated heterocycles. The van der Waals surface area contributed by atoms with Gasteiger partial charge < -0.3 is 0 Å². The highest BCUT2D eigenvalue weighted by Gasteiger charge is 1.96. The molecule has 0 radical (unpaired) electrons. The minimum atomic E-state index is -0.204. The van der Waals surface area contributed by atoms with Crippen molar-refractivity contribution in [2.45, 2.75) is 44.9 Å². The van der Waals surface area contributed by atoms with Crippen molar-refractivity contribution in [3.63, 3.8) is 0 Å². The van der Waals surface area contributed by atoms with Gasteiger partial charge in [-0.15, -0.1) is 0 Å². The first-order chi connectivity index (χ1) is 7.79. The van der Waals surface area contributed by atoms with Crippen LogP contribution in [0, 0.1) is 0 Å². The second kappa shape index (κ2) is 8.35. The van der Waals surface area contributed by atoms with Crippen LogP contribution < -0.4 is 0 Å². The number of halogens is 1. The van der Waals surface area contributed by atoms with E-state index in [9.17, 15) is 4.79 Å². The Balaban J connectivity index is 1.94. The van der Waals surface area contributed by atoms with Gasteiger partial charge in [0.2, 0.25) is 5.24 Å². The van der Waals surface area contributed by atoms with Crippen molar-refractivity contribution >= 4 is 16.8 Å². The second-order valence-electron chi connectivity index (χ2n) is 4.11. The summed E-state index contributed by atoms with van der Waals surface area (Å²) in [5.74, 6) is 0. The number of aryl methyl sites for hydroxylation is 1. The monoisotopic (exact) mass is 238 g/mol. The molecule has 0 aliphatic rings. The highest BCUT2D eigenvalue weighted by molar-refractivity contribution is 6.63. The first-order valence-corrected chi connectivity index (χ1v) is 6.39. The highest BCUT2D eigenvalue weighted by atomic mass is 35.5. The zero-order chi connectivity index (χ0) is 11.6. The van der Waals surface area contributed by atoms with E-state index in [0.717, 1.165) is 19.3 Å². The van der Waals surface area contributed by atoms with E-state index in [1.807, 2.05) is 6.07 Å². The van der Waals surface area contributed by atoms with Crippen LogP contribution in [0.3, 0.4) is 0 Å². The SMILES string of the molecule is O=C(Cl)CCCCCCCc1ccccc1. The minimum absolute atomic E-state index is 0.204. The van der Waals surface area contributed by atoms with E-state index >= 15 is 0 Å². The summed E-state index contributed by atoms with van der Waals surface area (Å²) in [6.07, 6.45) is 7.43. The molecule has 0 heterocycles. The fourth-order valence-corrected chi connectivity index (χ4v) is 1.90. The van der Waals surface area contributed by atoms with E-state index in [0.29, 0.717) is 6.42 Å². The van der Waals surface area contributed by atoms with Gasteiger partial charge in [0.1, 0.15) is 0 Å².